The fourth-order valence-corrected chi connectivity index (χ4v) is 2.39. The molecule has 0 aliphatic rings. The highest BCUT2D eigenvalue weighted by atomic mass is 35.5. The van der Waals surface area contributed by atoms with Crippen LogP contribution in [0.25, 0.3) is 22.2 Å². The molecule has 1 amide bonds. The Morgan fingerprint density at radius 1 is 1.29 bits per heavy atom. The van der Waals surface area contributed by atoms with E-state index in [2.05, 4.69) is 15.5 Å². The standard InChI is InChI=1S/C15H10ClN3O5/c16-8-4-2-1-3-7(8)12-11-9(24-19-12)5-17-13(14(11)22)15(23)18-6-10(20)21/h1-5,22H,6H2,(H,18,23)(H,20,21). The van der Waals surface area contributed by atoms with E-state index in [1.807, 2.05) is 0 Å². The summed E-state index contributed by atoms with van der Waals surface area (Å²) in [4.78, 5) is 26.3. The van der Waals surface area contributed by atoms with E-state index in [0.29, 0.717) is 10.6 Å². The van der Waals surface area contributed by atoms with Gasteiger partial charge in [-0.2, -0.15) is 0 Å². The Morgan fingerprint density at radius 3 is 2.75 bits per heavy atom. The molecule has 0 fully saturated rings. The molecule has 2 aromatic heterocycles. The highest BCUT2D eigenvalue weighted by molar-refractivity contribution is 6.33. The maximum atomic E-state index is 12.0. The molecule has 9 heteroatoms. The number of carbonyl (C=O) groups excluding carboxylic acids is 1. The number of carbonyl (C=O) groups is 2. The van der Waals surface area contributed by atoms with Gasteiger partial charge in [0.2, 0.25) is 0 Å². The van der Waals surface area contributed by atoms with Crippen LogP contribution >= 0.6 is 11.6 Å². The van der Waals surface area contributed by atoms with Gasteiger partial charge in [0.1, 0.15) is 12.2 Å². The second kappa shape index (κ2) is 6.17. The Balaban J connectivity index is 2.11. The van der Waals surface area contributed by atoms with Crippen molar-refractivity contribution >= 4 is 34.4 Å². The van der Waals surface area contributed by atoms with Crippen molar-refractivity contribution in [3.63, 3.8) is 0 Å². The number of hydrogen-bond acceptors (Lipinski definition) is 6. The molecule has 0 radical (unpaired) electrons. The predicted molar refractivity (Wildman–Crippen MR) is 83.9 cm³/mol. The quantitative estimate of drug-likeness (QED) is 0.659. The van der Waals surface area contributed by atoms with Gasteiger partial charge < -0.3 is 20.1 Å². The highest BCUT2D eigenvalue weighted by Gasteiger charge is 2.23. The molecule has 1 aromatic carbocycles. The van der Waals surface area contributed by atoms with E-state index in [1.165, 1.54) is 6.20 Å². The fraction of sp³-hybridized carbons (Fsp3) is 0.0667. The number of aromatic hydroxyl groups is 1. The van der Waals surface area contributed by atoms with Gasteiger partial charge in [-0.3, -0.25) is 9.59 Å². The second-order valence-corrected chi connectivity index (χ2v) is 5.19. The van der Waals surface area contributed by atoms with Crippen LogP contribution in [0.2, 0.25) is 5.02 Å². The van der Waals surface area contributed by atoms with Crippen molar-refractivity contribution in [2.24, 2.45) is 0 Å². The van der Waals surface area contributed by atoms with Gasteiger partial charge in [0.05, 0.1) is 16.6 Å². The zero-order valence-corrected chi connectivity index (χ0v) is 12.7. The average molecular weight is 348 g/mol. The first-order valence-electron chi connectivity index (χ1n) is 6.71. The van der Waals surface area contributed by atoms with Gasteiger partial charge in [0, 0.05) is 5.56 Å². The van der Waals surface area contributed by atoms with Crippen molar-refractivity contribution in [2.45, 2.75) is 0 Å². The topological polar surface area (TPSA) is 126 Å². The van der Waals surface area contributed by atoms with Crippen molar-refractivity contribution in [3.8, 4) is 17.0 Å². The number of hydrogen-bond donors (Lipinski definition) is 3. The predicted octanol–water partition coefficient (Wildman–Crippen LogP) is 2.06. The van der Waals surface area contributed by atoms with E-state index in [0.717, 1.165) is 0 Å². The lowest BCUT2D eigenvalue weighted by molar-refractivity contribution is -0.135. The molecule has 3 rings (SSSR count). The van der Waals surface area contributed by atoms with Crippen molar-refractivity contribution < 1.29 is 24.3 Å². The van der Waals surface area contributed by atoms with Crippen LogP contribution in [0.1, 0.15) is 10.5 Å². The summed E-state index contributed by atoms with van der Waals surface area (Å²) in [5.41, 5.74) is 0.594. The molecule has 0 unspecified atom stereocenters. The molecule has 3 N–H and O–H groups in total. The minimum atomic E-state index is -1.22. The molecule has 0 saturated heterocycles. The fourth-order valence-electron chi connectivity index (χ4n) is 2.17. The van der Waals surface area contributed by atoms with Crippen LogP contribution < -0.4 is 5.32 Å². The number of halogens is 1. The lowest BCUT2D eigenvalue weighted by Crippen LogP contribution is -2.29. The normalized spacial score (nSPS) is 10.7. The molecule has 0 saturated carbocycles. The molecule has 0 aliphatic heterocycles. The molecule has 8 nitrogen and oxygen atoms in total. The number of carboxylic acids is 1. The molecule has 122 valence electrons. The van der Waals surface area contributed by atoms with Gasteiger partial charge in [-0.05, 0) is 6.07 Å². The van der Waals surface area contributed by atoms with E-state index in [4.69, 9.17) is 21.2 Å². The number of nitrogens with one attached hydrogen (secondary N) is 1. The lowest BCUT2D eigenvalue weighted by Gasteiger charge is -2.05. The van der Waals surface area contributed by atoms with Crippen LogP contribution in [0, 0.1) is 0 Å². The third-order valence-corrected chi connectivity index (χ3v) is 3.56. The zero-order chi connectivity index (χ0) is 17.3. The van der Waals surface area contributed by atoms with Gasteiger partial charge in [-0.25, -0.2) is 4.98 Å². The van der Waals surface area contributed by atoms with E-state index in [9.17, 15) is 14.7 Å². The van der Waals surface area contributed by atoms with E-state index in [-0.39, 0.29) is 22.4 Å². The van der Waals surface area contributed by atoms with Crippen LogP contribution in [0.3, 0.4) is 0 Å². The summed E-state index contributed by atoms with van der Waals surface area (Å²) in [6, 6.07) is 6.81. The van der Waals surface area contributed by atoms with Gasteiger partial charge in [0.25, 0.3) is 5.91 Å². The second-order valence-electron chi connectivity index (χ2n) is 4.78. The Kier molecular flexibility index (Phi) is 4.05. The Bertz CT molecular complexity index is 953. The van der Waals surface area contributed by atoms with Crippen LogP contribution in [-0.2, 0) is 4.79 Å². The minimum Gasteiger partial charge on any atom is -0.505 e. The number of amides is 1. The zero-order valence-electron chi connectivity index (χ0n) is 12.0. The first kappa shape index (κ1) is 15.8. The van der Waals surface area contributed by atoms with Crippen molar-refractivity contribution in [1.82, 2.24) is 15.5 Å². The number of nitrogens with zero attached hydrogens (tertiary/aromatic N) is 2. The number of aromatic nitrogens is 2. The number of fused-ring (bicyclic) bond motifs is 1. The maximum absolute atomic E-state index is 12.0. The monoisotopic (exact) mass is 347 g/mol. The molecular weight excluding hydrogens is 338 g/mol. The number of aliphatic carboxylic acids is 1. The molecule has 0 spiro atoms. The van der Waals surface area contributed by atoms with Crippen LogP contribution in [0.4, 0.5) is 0 Å². The van der Waals surface area contributed by atoms with Crippen LogP contribution in [0.5, 0.6) is 5.75 Å². The van der Waals surface area contributed by atoms with Gasteiger partial charge >= 0.3 is 5.97 Å². The third kappa shape index (κ3) is 2.74. The van der Waals surface area contributed by atoms with Gasteiger partial charge in [0.15, 0.2) is 17.0 Å². The Labute approximate surface area is 139 Å². The highest BCUT2D eigenvalue weighted by Crippen LogP contribution is 2.38. The number of pyridine rings is 1. The first-order valence-corrected chi connectivity index (χ1v) is 7.09. The summed E-state index contributed by atoms with van der Waals surface area (Å²) in [6.07, 6.45) is 1.22. The van der Waals surface area contributed by atoms with Crippen LogP contribution in [0.15, 0.2) is 35.0 Å². The van der Waals surface area contributed by atoms with Gasteiger partial charge in [-0.15, -0.1) is 0 Å². The van der Waals surface area contributed by atoms with E-state index in [1.54, 1.807) is 24.3 Å². The summed E-state index contributed by atoms with van der Waals surface area (Å²) in [6.45, 7) is -0.598. The molecule has 2 heterocycles. The molecule has 24 heavy (non-hydrogen) atoms. The number of benzene rings is 1. The van der Waals surface area contributed by atoms with E-state index >= 15 is 0 Å². The largest absolute Gasteiger partial charge is 0.505 e. The smallest absolute Gasteiger partial charge is 0.322 e. The molecule has 3 aromatic rings. The van der Waals surface area contributed by atoms with Crippen LogP contribution in [-0.4, -0.2) is 38.8 Å². The first-order chi connectivity index (χ1) is 11.5. The van der Waals surface area contributed by atoms with E-state index < -0.39 is 24.2 Å². The molecule has 0 bridgehead atoms. The van der Waals surface area contributed by atoms with Crippen molar-refractivity contribution in [3.05, 3.63) is 41.2 Å². The summed E-state index contributed by atoms with van der Waals surface area (Å²) in [5, 5.41) is 25.6. The van der Waals surface area contributed by atoms with Gasteiger partial charge in [-0.1, -0.05) is 35.0 Å². The lowest BCUT2D eigenvalue weighted by atomic mass is 10.1. The molecular formula is C15H10ClN3O5. The third-order valence-electron chi connectivity index (χ3n) is 3.23. The Morgan fingerprint density at radius 2 is 2.04 bits per heavy atom. The average Bonchev–Trinajstić information content (AvgIpc) is 2.98. The molecule has 0 atom stereocenters. The summed E-state index contributed by atoms with van der Waals surface area (Å²) in [5.74, 6) is -2.51. The Hall–Kier alpha value is -3.13. The summed E-state index contributed by atoms with van der Waals surface area (Å²) >= 11 is 6.13. The summed E-state index contributed by atoms with van der Waals surface area (Å²) < 4.78 is 5.12. The summed E-state index contributed by atoms with van der Waals surface area (Å²) in [7, 11) is 0. The maximum Gasteiger partial charge on any atom is 0.322 e. The van der Waals surface area contributed by atoms with Crippen molar-refractivity contribution in [1.29, 1.82) is 0 Å². The number of rotatable bonds is 4. The SMILES string of the molecule is O=C(O)CNC(=O)c1ncc2onc(-c3ccccc3Cl)c2c1O. The molecule has 0 aliphatic carbocycles. The minimum absolute atomic E-state index is 0.164. The number of carboxylic acid groups (broad SMARTS) is 1. The van der Waals surface area contributed by atoms with Crippen molar-refractivity contribution in [2.75, 3.05) is 6.54 Å².